The summed E-state index contributed by atoms with van der Waals surface area (Å²) in [6.45, 7) is 1.85. The van der Waals surface area contributed by atoms with E-state index in [2.05, 4.69) is 15.9 Å². The summed E-state index contributed by atoms with van der Waals surface area (Å²) in [6, 6.07) is 0.152. The van der Waals surface area contributed by atoms with Crippen molar-refractivity contribution >= 4 is 15.9 Å². The van der Waals surface area contributed by atoms with E-state index in [-0.39, 0.29) is 18.6 Å². The largest absolute Gasteiger partial charge is 0.487 e. The number of hydrogen-bond donors (Lipinski definition) is 0. The van der Waals surface area contributed by atoms with Gasteiger partial charge in [-0.1, -0.05) is 22.9 Å². The second-order valence-electron chi connectivity index (χ2n) is 3.54. The minimum atomic E-state index is -1.51. The van der Waals surface area contributed by atoms with E-state index in [4.69, 9.17) is 4.74 Å². The zero-order valence-electron chi connectivity index (χ0n) is 9.07. The van der Waals surface area contributed by atoms with Gasteiger partial charge in [-0.25, -0.2) is 8.78 Å². The van der Waals surface area contributed by atoms with E-state index in [9.17, 15) is 17.6 Å². The van der Waals surface area contributed by atoms with Gasteiger partial charge in [-0.3, -0.25) is 0 Å². The number of ether oxygens (including phenoxy) is 1. The molecule has 1 unspecified atom stereocenters. The lowest BCUT2D eigenvalue weighted by Gasteiger charge is -2.14. The average Bonchev–Trinajstić information content (AvgIpc) is 2.31. The second kappa shape index (κ2) is 6.23. The van der Waals surface area contributed by atoms with Crippen LogP contribution in [-0.2, 0) is 0 Å². The van der Waals surface area contributed by atoms with E-state index in [0.717, 1.165) is 0 Å². The van der Waals surface area contributed by atoms with Crippen LogP contribution in [0.1, 0.15) is 13.3 Å². The second-order valence-corrected chi connectivity index (χ2v) is 4.18. The smallest absolute Gasteiger partial charge is 0.203 e. The van der Waals surface area contributed by atoms with Crippen molar-refractivity contribution in [1.29, 1.82) is 0 Å². The van der Waals surface area contributed by atoms with Gasteiger partial charge in [0, 0.05) is 17.3 Å². The third-order valence-electron chi connectivity index (χ3n) is 2.33. The first-order valence-corrected chi connectivity index (χ1v) is 6.15. The standard InChI is InChI=1S/C11H11BrF4O/c1-2-6(4-12)5-17-11-9(15)7(13)3-8(14)10(11)16/h3,6H,2,4-5H2,1H3. The van der Waals surface area contributed by atoms with Crippen LogP contribution in [0.25, 0.3) is 0 Å². The summed E-state index contributed by atoms with van der Waals surface area (Å²) in [6.07, 6.45) is 0.715. The van der Waals surface area contributed by atoms with Gasteiger partial charge in [0.05, 0.1) is 6.61 Å². The molecule has 0 aliphatic rings. The monoisotopic (exact) mass is 314 g/mol. The van der Waals surface area contributed by atoms with Crippen molar-refractivity contribution < 1.29 is 22.3 Å². The summed E-state index contributed by atoms with van der Waals surface area (Å²) in [5, 5.41) is 0.574. The van der Waals surface area contributed by atoms with Gasteiger partial charge in [-0.2, -0.15) is 8.78 Å². The highest BCUT2D eigenvalue weighted by molar-refractivity contribution is 9.09. The lowest BCUT2D eigenvalue weighted by molar-refractivity contribution is 0.230. The fourth-order valence-corrected chi connectivity index (χ4v) is 1.80. The molecule has 17 heavy (non-hydrogen) atoms. The Bertz CT molecular complexity index is 367. The van der Waals surface area contributed by atoms with Crippen molar-refractivity contribution in [3.8, 4) is 5.75 Å². The molecule has 96 valence electrons. The van der Waals surface area contributed by atoms with Crippen LogP contribution < -0.4 is 4.74 Å². The van der Waals surface area contributed by atoms with E-state index in [1.807, 2.05) is 6.92 Å². The van der Waals surface area contributed by atoms with Gasteiger partial charge in [0.15, 0.2) is 17.4 Å². The van der Waals surface area contributed by atoms with Crippen LogP contribution in [0, 0.1) is 29.2 Å². The Morgan fingerprint density at radius 1 is 1.18 bits per heavy atom. The molecule has 0 heterocycles. The molecule has 0 bridgehead atoms. The molecule has 0 radical (unpaired) electrons. The van der Waals surface area contributed by atoms with Crippen molar-refractivity contribution in [2.45, 2.75) is 13.3 Å². The molecule has 1 rings (SSSR count). The maximum absolute atomic E-state index is 13.2. The lowest BCUT2D eigenvalue weighted by Crippen LogP contribution is -2.14. The van der Waals surface area contributed by atoms with Crippen LogP contribution in [0.5, 0.6) is 5.75 Å². The molecule has 1 nitrogen and oxygen atoms in total. The average molecular weight is 315 g/mol. The van der Waals surface area contributed by atoms with Crippen LogP contribution in [0.3, 0.4) is 0 Å². The number of benzene rings is 1. The molecular weight excluding hydrogens is 304 g/mol. The topological polar surface area (TPSA) is 9.23 Å². The summed E-state index contributed by atoms with van der Waals surface area (Å²) < 4.78 is 56.9. The normalized spacial score (nSPS) is 12.6. The van der Waals surface area contributed by atoms with Crippen molar-refractivity contribution in [2.75, 3.05) is 11.9 Å². The molecule has 0 spiro atoms. The molecule has 0 saturated carbocycles. The Hall–Kier alpha value is -0.780. The third kappa shape index (κ3) is 3.34. The lowest BCUT2D eigenvalue weighted by atomic mass is 10.1. The Morgan fingerprint density at radius 2 is 1.71 bits per heavy atom. The summed E-state index contributed by atoms with van der Waals surface area (Å²) in [5.74, 6) is -6.93. The van der Waals surface area contributed by atoms with Crippen molar-refractivity contribution in [3.05, 3.63) is 29.3 Å². The molecular formula is C11H11BrF4O. The van der Waals surface area contributed by atoms with E-state index >= 15 is 0 Å². The van der Waals surface area contributed by atoms with Crippen LogP contribution >= 0.6 is 15.9 Å². The highest BCUT2D eigenvalue weighted by Crippen LogP contribution is 2.27. The van der Waals surface area contributed by atoms with E-state index in [1.165, 1.54) is 0 Å². The molecule has 0 N–H and O–H groups in total. The van der Waals surface area contributed by atoms with Crippen LogP contribution in [0.15, 0.2) is 6.07 Å². The molecule has 1 aromatic rings. The summed E-state index contributed by atoms with van der Waals surface area (Å²) in [5.41, 5.74) is 0. The number of rotatable bonds is 5. The van der Waals surface area contributed by atoms with Gasteiger partial charge in [0.25, 0.3) is 0 Å². The van der Waals surface area contributed by atoms with E-state index in [0.29, 0.717) is 11.8 Å². The fourth-order valence-electron chi connectivity index (χ4n) is 1.15. The first-order chi connectivity index (χ1) is 8.01. The van der Waals surface area contributed by atoms with Crippen molar-refractivity contribution in [3.63, 3.8) is 0 Å². The highest BCUT2D eigenvalue weighted by Gasteiger charge is 2.21. The zero-order valence-corrected chi connectivity index (χ0v) is 10.7. The Kier molecular flexibility index (Phi) is 5.24. The third-order valence-corrected chi connectivity index (χ3v) is 3.25. The number of hydrogen-bond acceptors (Lipinski definition) is 1. The predicted octanol–water partition coefficient (Wildman–Crippen LogP) is 4.04. The van der Waals surface area contributed by atoms with Gasteiger partial charge in [0.2, 0.25) is 11.6 Å². The maximum atomic E-state index is 13.2. The molecule has 1 aromatic carbocycles. The summed E-state index contributed by atoms with van der Waals surface area (Å²) in [4.78, 5) is 0. The van der Waals surface area contributed by atoms with Gasteiger partial charge in [0.1, 0.15) is 0 Å². The molecule has 0 aliphatic carbocycles. The maximum Gasteiger partial charge on any atom is 0.203 e. The molecule has 6 heteroatoms. The molecule has 0 saturated heterocycles. The zero-order chi connectivity index (χ0) is 13.0. The Morgan fingerprint density at radius 3 is 2.12 bits per heavy atom. The Balaban J connectivity index is 2.90. The SMILES string of the molecule is CCC(CBr)COc1c(F)c(F)cc(F)c1F. The first kappa shape index (κ1) is 14.3. The van der Waals surface area contributed by atoms with Gasteiger partial charge >= 0.3 is 0 Å². The molecule has 0 fully saturated rings. The van der Waals surface area contributed by atoms with Crippen LogP contribution in [-0.4, -0.2) is 11.9 Å². The van der Waals surface area contributed by atoms with Crippen LogP contribution in [0.4, 0.5) is 17.6 Å². The van der Waals surface area contributed by atoms with E-state index in [1.54, 1.807) is 0 Å². The highest BCUT2D eigenvalue weighted by atomic mass is 79.9. The van der Waals surface area contributed by atoms with Gasteiger partial charge in [-0.05, 0) is 6.42 Å². The minimum Gasteiger partial charge on any atom is -0.487 e. The first-order valence-electron chi connectivity index (χ1n) is 5.03. The molecule has 1 atom stereocenters. The molecule has 0 aliphatic heterocycles. The Labute approximate surface area is 105 Å². The van der Waals surface area contributed by atoms with E-state index < -0.39 is 29.0 Å². The van der Waals surface area contributed by atoms with Crippen LogP contribution in [0.2, 0.25) is 0 Å². The quantitative estimate of drug-likeness (QED) is 0.453. The summed E-state index contributed by atoms with van der Waals surface area (Å²) >= 11 is 3.20. The van der Waals surface area contributed by atoms with Gasteiger partial charge in [-0.15, -0.1) is 0 Å². The van der Waals surface area contributed by atoms with Crippen molar-refractivity contribution in [1.82, 2.24) is 0 Å². The minimum absolute atomic E-state index is 0.0140. The number of halogens is 5. The van der Waals surface area contributed by atoms with Gasteiger partial charge < -0.3 is 4.74 Å². The predicted molar refractivity (Wildman–Crippen MR) is 59.3 cm³/mol. The fraction of sp³-hybridized carbons (Fsp3) is 0.455. The summed E-state index contributed by atoms with van der Waals surface area (Å²) in [7, 11) is 0. The molecule has 0 amide bonds. The molecule has 0 aromatic heterocycles. The van der Waals surface area contributed by atoms with Crippen molar-refractivity contribution in [2.24, 2.45) is 5.92 Å². The number of alkyl halides is 1.